The second-order valence-electron chi connectivity index (χ2n) is 7.73. The molecule has 3 aromatic rings. The minimum absolute atomic E-state index is 0.420. The number of fused-ring (bicyclic) bond motifs is 3. The van der Waals surface area contributed by atoms with E-state index in [1.54, 1.807) is 11.8 Å². The molecule has 8 nitrogen and oxygen atoms in total. The van der Waals surface area contributed by atoms with Crippen LogP contribution in [0.1, 0.15) is 11.1 Å². The second-order valence-corrected chi connectivity index (χ2v) is 9.09. The van der Waals surface area contributed by atoms with Crippen molar-refractivity contribution in [3.63, 3.8) is 0 Å². The van der Waals surface area contributed by atoms with Gasteiger partial charge < -0.3 is 28.1 Å². The maximum absolute atomic E-state index is 6.07. The Hall–Kier alpha value is -2.30. The molecule has 0 saturated heterocycles. The Kier molecular flexibility index (Phi) is 7.87. The fourth-order valence-electron chi connectivity index (χ4n) is 3.63. The van der Waals surface area contributed by atoms with Gasteiger partial charge in [0.1, 0.15) is 13.2 Å². The molecule has 0 unspecified atom stereocenters. The van der Waals surface area contributed by atoms with Crippen molar-refractivity contribution in [3.8, 4) is 23.0 Å². The van der Waals surface area contributed by atoms with Crippen molar-refractivity contribution < 1.29 is 32.8 Å². The molecular formula is C24H26ClN2O6S+. The van der Waals surface area contributed by atoms with E-state index in [-0.39, 0.29) is 0 Å². The average molecular weight is 506 g/mol. The zero-order valence-electron chi connectivity index (χ0n) is 18.7. The molecule has 3 heterocycles. The quantitative estimate of drug-likeness (QED) is 0.463. The number of rotatable bonds is 1. The average Bonchev–Trinajstić information content (AvgIpc) is 3.16. The van der Waals surface area contributed by atoms with Gasteiger partial charge in [-0.25, -0.2) is 0 Å². The van der Waals surface area contributed by atoms with Gasteiger partial charge in [-0.05, 0) is 58.4 Å². The zero-order valence-corrected chi connectivity index (χ0v) is 20.2. The first kappa shape index (κ1) is 23.4. The molecule has 0 aliphatic carbocycles. The summed E-state index contributed by atoms with van der Waals surface area (Å²) in [6, 6.07) is 11.5. The van der Waals surface area contributed by atoms with Crippen molar-refractivity contribution in [3.05, 3.63) is 52.5 Å². The summed E-state index contributed by atoms with van der Waals surface area (Å²) in [6.45, 7) is 4.51. The number of halogens is 1. The number of ether oxygens (including phenoxy) is 5. The first-order valence-electron chi connectivity index (χ1n) is 11.2. The van der Waals surface area contributed by atoms with E-state index in [1.165, 1.54) is 0 Å². The second kappa shape index (κ2) is 11.4. The van der Waals surface area contributed by atoms with Crippen LogP contribution in [-0.4, -0.2) is 58.0 Å². The van der Waals surface area contributed by atoms with E-state index < -0.39 is 0 Å². The van der Waals surface area contributed by atoms with Crippen LogP contribution in [0.15, 0.2) is 46.0 Å². The van der Waals surface area contributed by atoms with Gasteiger partial charge in [0.05, 0.1) is 39.6 Å². The standard InChI is InChI=1S/C24H26ClN2O6S/c25-20-3-1-17(2-4-20)23-26-27-15-18-13-21-22(14-19(18)16-34-24(27)33-23)32-12-10-30-8-6-28-5-7-29-9-11-31-21/h1-4,13-14H,5-12,15-16H2/q+1. The van der Waals surface area contributed by atoms with E-state index in [1.807, 2.05) is 41.1 Å². The summed E-state index contributed by atoms with van der Waals surface area (Å²) in [5, 5.41) is 6.13. The molecule has 0 N–H and O–H groups in total. The Morgan fingerprint density at radius 1 is 0.765 bits per heavy atom. The van der Waals surface area contributed by atoms with Gasteiger partial charge in [0.2, 0.25) is 6.54 Å². The van der Waals surface area contributed by atoms with Crippen LogP contribution in [0.4, 0.5) is 0 Å². The lowest BCUT2D eigenvalue weighted by molar-refractivity contribution is -0.782. The van der Waals surface area contributed by atoms with Gasteiger partial charge in [-0.1, -0.05) is 11.6 Å². The summed E-state index contributed by atoms with van der Waals surface area (Å²) in [7, 11) is 0. The van der Waals surface area contributed by atoms with Gasteiger partial charge >= 0.3 is 5.22 Å². The third-order valence-corrected chi connectivity index (χ3v) is 6.60. The van der Waals surface area contributed by atoms with E-state index in [0.29, 0.717) is 81.8 Å². The largest absolute Gasteiger partial charge is 0.487 e. The molecule has 0 amide bonds. The van der Waals surface area contributed by atoms with E-state index in [0.717, 1.165) is 27.7 Å². The lowest BCUT2D eigenvalue weighted by atomic mass is 10.1. The number of hydrogen-bond acceptors (Lipinski definition) is 8. The van der Waals surface area contributed by atoms with E-state index >= 15 is 0 Å². The van der Waals surface area contributed by atoms with E-state index in [2.05, 4.69) is 0 Å². The van der Waals surface area contributed by atoms with E-state index in [9.17, 15) is 0 Å². The number of benzene rings is 2. The van der Waals surface area contributed by atoms with Crippen LogP contribution in [0.25, 0.3) is 11.5 Å². The first-order chi connectivity index (χ1) is 16.8. The lowest BCUT2D eigenvalue weighted by Gasteiger charge is -2.15. The Morgan fingerprint density at radius 3 is 2.00 bits per heavy atom. The Balaban J connectivity index is 1.36. The molecule has 5 rings (SSSR count). The van der Waals surface area contributed by atoms with Crippen LogP contribution in [0, 0.1) is 0 Å². The highest BCUT2D eigenvalue weighted by Crippen LogP contribution is 2.36. The predicted octanol–water partition coefficient (Wildman–Crippen LogP) is 3.76. The number of thioether (sulfide) groups is 1. The van der Waals surface area contributed by atoms with Crippen molar-refractivity contribution in [1.82, 2.24) is 5.10 Å². The van der Waals surface area contributed by atoms with Crippen LogP contribution >= 0.6 is 23.4 Å². The fourth-order valence-corrected chi connectivity index (χ4v) is 4.70. The highest BCUT2D eigenvalue weighted by Gasteiger charge is 2.29. The Morgan fingerprint density at radius 2 is 1.35 bits per heavy atom. The lowest BCUT2D eigenvalue weighted by Crippen LogP contribution is -2.37. The topological polar surface area (TPSA) is 76.1 Å². The van der Waals surface area contributed by atoms with Gasteiger partial charge in [-0.2, -0.15) is 0 Å². The number of nitrogens with zero attached hydrogens (tertiary/aromatic N) is 2. The first-order valence-corrected chi connectivity index (χ1v) is 12.6. The normalized spacial score (nSPS) is 17.6. The summed E-state index contributed by atoms with van der Waals surface area (Å²) >= 11 is 7.62. The molecule has 0 fully saturated rings. The number of aromatic nitrogens is 2. The molecule has 0 saturated carbocycles. The zero-order chi connectivity index (χ0) is 23.2. The molecule has 2 aromatic carbocycles. The molecule has 0 bridgehead atoms. The molecule has 180 valence electrons. The third-order valence-electron chi connectivity index (χ3n) is 5.35. The molecular weight excluding hydrogens is 480 g/mol. The van der Waals surface area contributed by atoms with Crippen molar-refractivity contribution >= 4 is 23.4 Å². The molecule has 2 aliphatic heterocycles. The van der Waals surface area contributed by atoms with Gasteiger partial charge in [0.15, 0.2) is 11.5 Å². The van der Waals surface area contributed by atoms with Gasteiger partial charge in [-0.15, -0.1) is 0 Å². The van der Waals surface area contributed by atoms with Crippen molar-refractivity contribution in [1.29, 1.82) is 0 Å². The molecule has 0 radical (unpaired) electrons. The summed E-state index contributed by atoms with van der Waals surface area (Å²) in [5.74, 6) is 2.69. The summed E-state index contributed by atoms with van der Waals surface area (Å²) in [6.07, 6.45) is 0. The smallest absolute Gasteiger partial charge is 0.439 e. The number of hydrogen-bond donors (Lipinski definition) is 0. The monoisotopic (exact) mass is 505 g/mol. The summed E-state index contributed by atoms with van der Waals surface area (Å²) < 4.78 is 36.6. The Labute approximate surface area is 207 Å². The predicted molar refractivity (Wildman–Crippen MR) is 126 cm³/mol. The SMILES string of the molecule is Clc1ccc(-c2n[n+]3c(o2)SCc2cc4c(cc2C3)OCCOCCOCCOCCO4)cc1. The molecule has 0 spiro atoms. The highest BCUT2D eigenvalue weighted by molar-refractivity contribution is 7.98. The maximum Gasteiger partial charge on any atom is 0.439 e. The van der Waals surface area contributed by atoms with Crippen LogP contribution in [-0.2, 0) is 26.5 Å². The van der Waals surface area contributed by atoms with Crippen LogP contribution in [0.3, 0.4) is 0 Å². The minimum atomic E-state index is 0.420. The maximum atomic E-state index is 6.07. The van der Waals surface area contributed by atoms with Gasteiger partial charge in [0, 0.05) is 27.0 Å². The highest BCUT2D eigenvalue weighted by atomic mass is 35.5. The van der Waals surface area contributed by atoms with Crippen LogP contribution < -0.4 is 14.2 Å². The Bertz CT molecular complexity index is 1110. The van der Waals surface area contributed by atoms with Crippen LogP contribution in [0.5, 0.6) is 11.5 Å². The van der Waals surface area contributed by atoms with Crippen molar-refractivity contribution in [2.24, 2.45) is 0 Å². The van der Waals surface area contributed by atoms with Crippen molar-refractivity contribution in [2.75, 3.05) is 52.9 Å². The van der Waals surface area contributed by atoms with Crippen LogP contribution in [0.2, 0.25) is 5.02 Å². The molecule has 0 atom stereocenters. The van der Waals surface area contributed by atoms with Gasteiger partial charge in [-0.3, -0.25) is 0 Å². The van der Waals surface area contributed by atoms with Gasteiger partial charge in [0.25, 0.3) is 5.89 Å². The molecule has 1 aromatic heterocycles. The molecule has 2 aliphatic rings. The van der Waals surface area contributed by atoms with E-state index in [4.69, 9.17) is 44.8 Å². The molecule has 34 heavy (non-hydrogen) atoms. The summed E-state index contributed by atoms with van der Waals surface area (Å²) in [5.41, 5.74) is 3.15. The molecule has 10 heteroatoms. The fraction of sp³-hybridized carbons (Fsp3) is 0.417. The third kappa shape index (κ3) is 5.84. The van der Waals surface area contributed by atoms with Crippen molar-refractivity contribution in [2.45, 2.75) is 17.5 Å². The summed E-state index contributed by atoms with van der Waals surface area (Å²) in [4.78, 5) is 0. The minimum Gasteiger partial charge on any atom is -0.487 e.